The van der Waals surface area contributed by atoms with Gasteiger partial charge in [-0.25, -0.2) is 9.37 Å². The lowest BCUT2D eigenvalue weighted by molar-refractivity contribution is -0.137. The Morgan fingerprint density at radius 2 is 1.81 bits per heavy atom. The van der Waals surface area contributed by atoms with E-state index in [1.807, 2.05) is 50.1 Å². The minimum absolute atomic E-state index is 0.0491. The Bertz CT molecular complexity index is 1110. The summed E-state index contributed by atoms with van der Waals surface area (Å²) in [6, 6.07) is 13.8. The molecule has 3 aromatic rings. The Morgan fingerprint density at radius 1 is 1.16 bits per heavy atom. The average Bonchev–Trinajstić information content (AvgIpc) is 3.15. The molecule has 0 saturated carbocycles. The Kier molecular flexibility index (Phi) is 5.49. The van der Waals surface area contributed by atoms with Gasteiger partial charge in [-0.3, -0.25) is 4.79 Å². The van der Waals surface area contributed by atoms with E-state index in [-0.39, 0.29) is 18.3 Å². The standard InChI is InChI=1S/C23H25ClFN5O/c1-23(2)22-27-20(15-4-8-17(25)9-5-15)21(28(3)18-10-6-16(24)7-11-18)29(22)12-13-30(23)19(31)14-26/h4-11H,12-14,26H2,1-3H3. The number of halogens is 2. The number of aromatic nitrogens is 2. The molecule has 0 saturated heterocycles. The van der Waals surface area contributed by atoms with Crippen LogP contribution in [-0.2, 0) is 16.9 Å². The number of carbonyl (C=O) groups is 1. The molecule has 0 fully saturated rings. The van der Waals surface area contributed by atoms with Gasteiger partial charge in [0.2, 0.25) is 5.91 Å². The number of fused-ring (bicyclic) bond motifs is 1. The van der Waals surface area contributed by atoms with E-state index in [2.05, 4.69) is 4.57 Å². The van der Waals surface area contributed by atoms with Crippen molar-refractivity contribution in [2.75, 3.05) is 25.0 Å². The fraction of sp³-hybridized carbons (Fsp3) is 0.304. The Labute approximate surface area is 186 Å². The minimum atomic E-state index is -0.650. The molecule has 2 heterocycles. The third kappa shape index (κ3) is 3.68. The molecule has 2 N–H and O–H groups in total. The van der Waals surface area contributed by atoms with Crippen molar-refractivity contribution in [3.05, 3.63) is 65.2 Å². The normalized spacial score (nSPS) is 15.0. The van der Waals surface area contributed by atoms with Gasteiger partial charge in [-0.1, -0.05) is 11.6 Å². The van der Waals surface area contributed by atoms with Crippen molar-refractivity contribution < 1.29 is 9.18 Å². The van der Waals surface area contributed by atoms with Crippen LogP contribution in [0.25, 0.3) is 11.3 Å². The number of carbonyl (C=O) groups excluding carboxylic acids is 1. The lowest BCUT2D eigenvalue weighted by Gasteiger charge is -2.42. The molecule has 2 aromatic carbocycles. The number of rotatable bonds is 4. The zero-order valence-corrected chi connectivity index (χ0v) is 18.5. The summed E-state index contributed by atoms with van der Waals surface area (Å²) < 4.78 is 15.7. The smallest absolute Gasteiger partial charge is 0.237 e. The highest BCUT2D eigenvalue weighted by Gasteiger charge is 2.41. The Balaban J connectivity index is 1.91. The van der Waals surface area contributed by atoms with Gasteiger partial charge in [-0.15, -0.1) is 0 Å². The molecule has 1 amide bonds. The van der Waals surface area contributed by atoms with E-state index in [9.17, 15) is 9.18 Å². The number of hydrogen-bond acceptors (Lipinski definition) is 4. The number of nitrogens with two attached hydrogens (primary N) is 1. The summed E-state index contributed by atoms with van der Waals surface area (Å²) in [5, 5.41) is 0.656. The molecule has 8 heteroatoms. The number of imidazole rings is 1. The second kappa shape index (κ2) is 7.98. The van der Waals surface area contributed by atoms with Crippen molar-refractivity contribution in [3.8, 4) is 11.3 Å². The molecule has 0 atom stereocenters. The van der Waals surface area contributed by atoms with Crippen LogP contribution in [0.1, 0.15) is 19.7 Å². The van der Waals surface area contributed by atoms with Crippen LogP contribution in [0.4, 0.5) is 15.9 Å². The highest BCUT2D eigenvalue weighted by molar-refractivity contribution is 6.30. The van der Waals surface area contributed by atoms with Crippen LogP contribution in [0.2, 0.25) is 5.02 Å². The van der Waals surface area contributed by atoms with Gasteiger partial charge in [0.1, 0.15) is 23.2 Å². The lowest BCUT2D eigenvalue weighted by Crippen LogP contribution is -2.53. The number of anilines is 2. The first-order chi connectivity index (χ1) is 14.7. The van der Waals surface area contributed by atoms with Crippen LogP contribution in [0, 0.1) is 5.82 Å². The van der Waals surface area contributed by atoms with Gasteiger partial charge < -0.3 is 20.1 Å². The molecule has 4 rings (SSSR count). The summed E-state index contributed by atoms with van der Waals surface area (Å²) in [5.41, 5.74) is 7.46. The highest BCUT2D eigenvalue weighted by Crippen LogP contribution is 2.41. The average molecular weight is 442 g/mol. The van der Waals surface area contributed by atoms with Crippen molar-refractivity contribution in [2.45, 2.75) is 25.9 Å². The van der Waals surface area contributed by atoms with Crippen molar-refractivity contribution in [2.24, 2.45) is 5.73 Å². The van der Waals surface area contributed by atoms with E-state index in [4.69, 9.17) is 22.3 Å². The molecule has 1 aromatic heterocycles. The highest BCUT2D eigenvalue weighted by atomic mass is 35.5. The van der Waals surface area contributed by atoms with Crippen molar-refractivity contribution in [1.29, 1.82) is 0 Å². The minimum Gasteiger partial charge on any atom is -0.329 e. The quantitative estimate of drug-likeness (QED) is 0.660. The van der Waals surface area contributed by atoms with Crippen LogP contribution in [-0.4, -0.2) is 40.5 Å². The van der Waals surface area contributed by atoms with Crippen LogP contribution in [0.15, 0.2) is 48.5 Å². The SMILES string of the molecule is CN(c1ccc(Cl)cc1)c1c(-c2ccc(F)cc2)nc2n1CCN(C(=O)CN)C2(C)C. The van der Waals surface area contributed by atoms with Gasteiger partial charge in [0.15, 0.2) is 0 Å². The molecule has 0 spiro atoms. The van der Waals surface area contributed by atoms with E-state index in [1.54, 1.807) is 17.0 Å². The third-order valence-electron chi connectivity index (χ3n) is 5.84. The summed E-state index contributed by atoms with van der Waals surface area (Å²) in [4.78, 5) is 21.3. The maximum Gasteiger partial charge on any atom is 0.237 e. The Morgan fingerprint density at radius 3 is 2.42 bits per heavy atom. The van der Waals surface area contributed by atoms with E-state index in [0.717, 1.165) is 28.6 Å². The zero-order valence-electron chi connectivity index (χ0n) is 17.8. The second-order valence-electron chi connectivity index (χ2n) is 8.11. The third-order valence-corrected chi connectivity index (χ3v) is 6.09. The number of amides is 1. The van der Waals surface area contributed by atoms with Crippen molar-refractivity contribution in [1.82, 2.24) is 14.5 Å². The maximum absolute atomic E-state index is 13.6. The van der Waals surface area contributed by atoms with E-state index in [1.165, 1.54) is 12.1 Å². The van der Waals surface area contributed by atoms with Gasteiger partial charge in [0.25, 0.3) is 0 Å². The molecule has 0 unspecified atom stereocenters. The summed E-state index contributed by atoms with van der Waals surface area (Å²) in [5.74, 6) is 1.21. The lowest BCUT2D eigenvalue weighted by atomic mass is 9.99. The maximum atomic E-state index is 13.6. The molecule has 1 aliphatic heterocycles. The van der Waals surface area contributed by atoms with Crippen molar-refractivity contribution in [3.63, 3.8) is 0 Å². The number of nitrogens with zero attached hydrogens (tertiary/aromatic N) is 4. The number of benzene rings is 2. The van der Waals surface area contributed by atoms with Gasteiger partial charge in [0.05, 0.1) is 12.1 Å². The molecule has 1 aliphatic rings. The molecule has 0 bridgehead atoms. The molecule has 0 aliphatic carbocycles. The fourth-order valence-corrected chi connectivity index (χ4v) is 4.32. The van der Waals surface area contributed by atoms with Crippen LogP contribution in [0.3, 0.4) is 0 Å². The van der Waals surface area contributed by atoms with Gasteiger partial charge in [0, 0.05) is 36.4 Å². The number of hydrogen-bond donors (Lipinski definition) is 1. The monoisotopic (exact) mass is 441 g/mol. The summed E-state index contributed by atoms with van der Waals surface area (Å²) in [6.07, 6.45) is 0. The van der Waals surface area contributed by atoms with Crippen LogP contribution < -0.4 is 10.6 Å². The predicted octanol–water partition coefficient (Wildman–Crippen LogP) is 4.15. The second-order valence-corrected chi connectivity index (χ2v) is 8.55. The van der Waals surface area contributed by atoms with Gasteiger partial charge >= 0.3 is 0 Å². The van der Waals surface area contributed by atoms with E-state index >= 15 is 0 Å². The molecule has 31 heavy (non-hydrogen) atoms. The first kappa shape index (κ1) is 21.3. The Hall–Kier alpha value is -2.90. The zero-order chi connectivity index (χ0) is 22.3. The van der Waals surface area contributed by atoms with Gasteiger partial charge in [-0.05, 0) is 62.4 Å². The van der Waals surface area contributed by atoms with Crippen molar-refractivity contribution >= 4 is 29.0 Å². The first-order valence-corrected chi connectivity index (χ1v) is 10.5. The van der Waals surface area contributed by atoms with E-state index in [0.29, 0.717) is 18.1 Å². The molecular formula is C23H25ClFN5O. The molecule has 162 valence electrons. The largest absolute Gasteiger partial charge is 0.329 e. The molecular weight excluding hydrogens is 417 g/mol. The van der Waals surface area contributed by atoms with Gasteiger partial charge in [-0.2, -0.15) is 0 Å². The van der Waals surface area contributed by atoms with E-state index < -0.39 is 5.54 Å². The topological polar surface area (TPSA) is 67.4 Å². The predicted molar refractivity (Wildman–Crippen MR) is 121 cm³/mol. The summed E-state index contributed by atoms with van der Waals surface area (Å²) in [7, 11) is 1.96. The summed E-state index contributed by atoms with van der Waals surface area (Å²) in [6.45, 7) is 4.99. The molecule has 0 radical (unpaired) electrons. The fourth-order valence-electron chi connectivity index (χ4n) is 4.20. The van der Waals surface area contributed by atoms with Crippen LogP contribution in [0.5, 0.6) is 0 Å². The molecule has 6 nitrogen and oxygen atoms in total. The van der Waals surface area contributed by atoms with Crippen LogP contribution >= 0.6 is 11.6 Å². The first-order valence-electron chi connectivity index (χ1n) is 10.1. The summed E-state index contributed by atoms with van der Waals surface area (Å²) >= 11 is 6.08.